The minimum Gasteiger partial charge on any atom is -0.507 e. The summed E-state index contributed by atoms with van der Waals surface area (Å²) in [7, 11) is -1.84. The van der Waals surface area contributed by atoms with Crippen molar-refractivity contribution in [2.75, 3.05) is 5.32 Å². The summed E-state index contributed by atoms with van der Waals surface area (Å²) in [5.41, 5.74) is 1.87. The molecule has 140 valence electrons. The third-order valence-electron chi connectivity index (χ3n) is 4.72. The number of nitrogens with zero attached hydrogens (tertiary/aromatic N) is 1. The smallest absolute Gasteiger partial charge is 0.192 e. The summed E-state index contributed by atoms with van der Waals surface area (Å²) in [4.78, 5) is 4.60. The largest absolute Gasteiger partial charge is 0.507 e. The van der Waals surface area contributed by atoms with Crippen molar-refractivity contribution in [3.05, 3.63) is 46.1 Å². The molecule has 0 saturated carbocycles. The van der Waals surface area contributed by atoms with Crippen LogP contribution in [0.25, 0.3) is 0 Å². The number of hydrogen-bond donors (Lipinski definition) is 3. The van der Waals surface area contributed by atoms with E-state index in [-0.39, 0.29) is 10.8 Å². The van der Waals surface area contributed by atoms with Crippen LogP contribution in [0.15, 0.2) is 34.8 Å². The third kappa shape index (κ3) is 4.93. The minimum absolute atomic E-state index is 0.0364. The van der Waals surface area contributed by atoms with Gasteiger partial charge in [-0.15, -0.1) is 0 Å². The Morgan fingerprint density at radius 2 is 2.00 bits per heavy atom. The molecule has 2 rings (SSSR count). The Kier molecular flexibility index (Phi) is 6.26. The lowest BCUT2D eigenvalue weighted by Gasteiger charge is -2.36. The van der Waals surface area contributed by atoms with Gasteiger partial charge in [0, 0.05) is 10.7 Å². The number of rotatable bonds is 6. The molecule has 0 unspecified atom stereocenters. The van der Waals surface area contributed by atoms with Crippen LogP contribution in [0.3, 0.4) is 0 Å². The number of phenols is 1. The van der Waals surface area contributed by atoms with E-state index in [9.17, 15) is 5.11 Å². The lowest BCUT2D eigenvalue weighted by atomic mass is 10.1. The number of benzene rings is 1. The van der Waals surface area contributed by atoms with Crippen molar-refractivity contribution in [1.82, 2.24) is 4.98 Å². The molecule has 0 amide bonds. The molecular weight excluding hydrogens is 410 g/mol. The highest BCUT2D eigenvalue weighted by molar-refractivity contribution is 9.10. The van der Waals surface area contributed by atoms with Crippen molar-refractivity contribution in [2.45, 2.75) is 45.5 Å². The molecule has 0 radical (unpaired) electrons. The number of nitrogens with one attached hydrogen (secondary N) is 2. The van der Waals surface area contributed by atoms with E-state index < -0.39 is 8.32 Å². The predicted octanol–water partition coefficient (Wildman–Crippen LogP) is 5.81. The molecule has 26 heavy (non-hydrogen) atoms. The van der Waals surface area contributed by atoms with E-state index in [1.165, 1.54) is 0 Å². The van der Waals surface area contributed by atoms with Crippen LogP contribution in [0.4, 0.5) is 11.5 Å². The van der Waals surface area contributed by atoms with Gasteiger partial charge in [-0.05, 0) is 42.4 Å². The number of aromatic nitrogens is 1. The summed E-state index contributed by atoms with van der Waals surface area (Å²) in [5.74, 6) is 0.677. The third-order valence-corrected chi connectivity index (χ3v) is 9.66. The van der Waals surface area contributed by atoms with Gasteiger partial charge in [-0.25, -0.2) is 4.98 Å². The Bertz CT molecular complexity index is 804. The van der Waals surface area contributed by atoms with Crippen molar-refractivity contribution in [1.29, 1.82) is 5.41 Å². The number of phenolic OH excluding ortho intramolecular Hbond substituents is 1. The summed E-state index contributed by atoms with van der Waals surface area (Å²) < 4.78 is 6.96. The fourth-order valence-corrected chi connectivity index (χ4v) is 3.48. The summed E-state index contributed by atoms with van der Waals surface area (Å²) in [6.45, 7) is 11.5. The minimum atomic E-state index is -1.84. The van der Waals surface area contributed by atoms with Crippen molar-refractivity contribution < 1.29 is 9.53 Å². The molecule has 0 spiro atoms. The van der Waals surface area contributed by atoms with Gasteiger partial charge in [-0.2, -0.15) is 0 Å². The quantitative estimate of drug-likeness (QED) is 0.394. The first-order valence-corrected chi connectivity index (χ1v) is 12.1. The number of anilines is 2. The van der Waals surface area contributed by atoms with Crippen LogP contribution in [0.2, 0.25) is 18.1 Å². The zero-order valence-electron chi connectivity index (χ0n) is 15.9. The van der Waals surface area contributed by atoms with Gasteiger partial charge in [-0.3, -0.25) is 0 Å². The first-order chi connectivity index (χ1) is 12.0. The molecule has 7 heteroatoms. The fourth-order valence-electron chi connectivity index (χ4n) is 2.10. The highest BCUT2D eigenvalue weighted by Crippen LogP contribution is 2.37. The van der Waals surface area contributed by atoms with Crippen molar-refractivity contribution >= 4 is 42.0 Å². The van der Waals surface area contributed by atoms with Gasteiger partial charge in [0.2, 0.25) is 0 Å². The molecule has 0 aliphatic heterocycles. The van der Waals surface area contributed by atoms with Crippen molar-refractivity contribution in [2.24, 2.45) is 0 Å². The second kappa shape index (κ2) is 7.90. The monoisotopic (exact) mass is 435 g/mol. The lowest BCUT2D eigenvalue weighted by molar-refractivity contribution is 0.272. The van der Waals surface area contributed by atoms with E-state index in [1.807, 2.05) is 18.2 Å². The van der Waals surface area contributed by atoms with Crippen molar-refractivity contribution in [3.8, 4) is 5.75 Å². The van der Waals surface area contributed by atoms with Gasteiger partial charge in [0.25, 0.3) is 0 Å². The molecule has 1 heterocycles. The van der Waals surface area contributed by atoms with Gasteiger partial charge in [0.1, 0.15) is 11.6 Å². The topological polar surface area (TPSA) is 78.2 Å². The van der Waals surface area contributed by atoms with Gasteiger partial charge < -0.3 is 20.3 Å². The van der Waals surface area contributed by atoms with Crippen LogP contribution < -0.4 is 5.32 Å². The normalized spacial score (nSPS) is 12.1. The van der Waals surface area contributed by atoms with Crippen LogP contribution in [-0.4, -0.2) is 24.6 Å². The van der Waals surface area contributed by atoms with Crippen LogP contribution in [0, 0.1) is 5.41 Å². The molecular formula is C19H26BrN3O2Si. The molecule has 1 aromatic carbocycles. The van der Waals surface area contributed by atoms with Gasteiger partial charge >= 0.3 is 0 Å². The maximum absolute atomic E-state index is 10.00. The van der Waals surface area contributed by atoms with Gasteiger partial charge in [-0.1, -0.05) is 42.8 Å². The Labute approximate surface area is 164 Å². The van der Waals surface area contributed by atoms with E-state index in [4.69, 9.17) is 9.84 Å². The zero-order chi connectivity index (χ0) is 19.5. The summed E-state index contributed by atoms with van der Waals surface area (Å²) in [6.07, 6.45) is 1.12. The van der Waals surface area contributed by atoms with E-state index in [1.54, 1.807) is 12.1 Å². The first kappa shape index (κ1) is 20.6. The molecule has 0 aliphatic carbocycles. The van der Waals surface area contributed by atoms with Crippen LogP contribution >= 0.6 is 15.9 Å². The summed E-state index contributed by atoms with van der Waals surface area (Å²) >= 11 is 3.36. The van der Waals surface area contributed by atoms with Gasteiger partial charge in [0.05, 0.1) is 23.6 Å². The number of halogens is 1. The number of pyridine rings is 1. The maximum Gasteiger partial charge on any atom is 0.192 e. The maximum atomic E-state index is 10.00. The second-order valence-corrected chi connectivity index (χ2v) is 13.4. The zero-order valence-corrected chi connectivity index (χ0v) is 18.4. The number of aromatic hydroxyl groups is 1. The molecule has 5 nitrogen and oxygen atoms in total. The van der Waals surface area contributed by atoms with Crippen LogP contribution in [0.5, 0.6) is 5.75 Å². The molecule has 0 atom stereocenters. The van der Waals surface area contributed by atoms with E-state index in [2.05, 4.69) is 60.1 Å². The lowest BCUT2D eigenvalue weighted by Crippen LogP contribution is -2.40. The van der Waals surface area contributed by atoms with Gasteiger partial charge in [0.15, 0.2) is 8.32 Å². The molecule has 0 aliphatic rings. The van der Waals surface area contributed by atoms with Crippen LogP contribution in [-0.2, 0) is 11.0 Å². The average Bonchev–Trinajstić information content (AvgIpc) is 2.52. The Morgan fingerprint density at radius 1 is 1.31 bits per heavy atom. The number of hydrogen-bond acceptors (Lipinski definition) is 5. The highest BCUT2D eigenvalue weighted by Gasteiger charge is 2.37. The fraction of sp³-hybridized carbons (Fsp3) is 0.368. The second-order valence-electron chi connectivity index (χ2n) is 7.72. The van der Waals surface area contributed by atoms with Crippen LogP contribution in [0.1, 0.15) is 32.0 Å². The molecule has 0 bridgehead atoms. The molecule has 2 aromatic rings. The Morgan fingerprint density at radius 3 is 2.62 bits per heavy atom. The highest BCUT2D eigenvalue weighted by atomic mass is 79.9. The standard InChI is InChI=1S/C19H26BrN3O2Si/c1-19(2,3)26(4,5)25-12-14-7-6-8-18(22-14)23-16-9-13(20)10-17(24)15(16)11-21/h6-11,21,24H,12H2,1-5H3,(H,22,23). The summed E-state index contributed by atoms with van der Waals surface area (Å²) in [5, 5.41) is 20.8. The Hall–Kier alpha value is -1.70. The molecule has 1 aromatic heterocycles. The Balaban J connectivity index is 2.19. The molecule has 0 fully saturated rings. The molecule has 3 N–H and O–H groups in total. The predicted molar refractivity (Wildman–Crippen MR) is 113 cm³/mol. The average molecular weight is 436 g/mol. The van der Waals surface area contributed by atoms with Crippen molar-refractivity contribution in [3.63, 3.8) is 0 Å². The molecule has 0 saturated heterocycles. The first-order valence-electron chi connectivity index (χ1n) is 8.43. The summed E-state index contributed by atoms with van der Waals surface area (Å²) in [6, 6.07) is 9.07. The SMILES string of the molecule is CC(C)(C)[Si](C)(C)OCc1cccc(Nc2cc(Br)cc(O)c2C=N)n1. The van der Waals surface area contributed by atoms with E-state index >= 15 is 0 Å². The van der Waals surface area contributed by atoms with E-state index in [0.717, 1.165) is 16.4 Å². The van der Waals surface area contributed by atoms with E-state index in [0.29, 0.717) is 23.7 Å².